The van der Waals surface area contributed by atoms with Gasteiger partial charge in [0.25, 0.3) is 0 Å². The second kappa shape index (κ2) is 8.54. The van der Waals surface area contributed by atoms with Gasteiger partial charge >= 0.3 is 0 Å². The van der Waals surface area contributed by atoms with E-state index in [0.717, 1.165) is 0 Å². The number of halogens is 6. The highest BCUT2D eigenvalue weighted by atomic mass is 127. The van der Waals surface area contributed by atoms with Crippen LogP contribution >= 0.6 is 22.6 Å². The van der Waals surface area contributed by atoms with Gasteiger partial charge in [-0.1, -0.05) is 0 Å². The number of hydrogen-bond donors (Lipinski definition) is 2. The maximum Gasteiger partial charge on any atom is 0.250 e. The minimum absolute atomic E-state index is 0.0124. The molecule has 2 N–H and O–H groups in total. The van der Waals surface area contributed by atoms with Crippen LogP contribution in [0.25, 0.3) is 11.5 Å². The Morgan fingerprint density at radius 3 is 1.87 bits per heavy atom. The Bertz CT molecular complexity index is 899. The molecule has 0 saturated heterocycles. The summed E-state index contributed by atoms with van der Waals surface area (Å²) >= 11 is 1.54. The van der Waals surface area contributed by atoms with Crippen LogP contribution in [0.4, 0.5) is 33.8 Å². The van der Waals surface area contributed by atoms with E-state index in [-0.39, 0.29) is 67.6 Å². The Morgan fingerprint density at radius 1 is 0.871 bits per heavy atom. The summed E-state index contributed by atoms with van der Waals surface area (Å²) in [4.78, 5) is 20.7. The molecule has 3 atom stereocenters. The second-order valence-electron chi connectivity index (χ2n) is 7.82. The Hall–Kier alpha value is -1.93. The third-order valence-corrected chi connectivity index (χ3v) is 5.85. The molecule has 4 rings (SSSR count). The quantitative estimate of drug-likeness (QED) is 0.297. The fourth-order valence-corrected chi connectivity index (χ4v) is 4.03. The molecule has 3 unspecified atom stereocenters. The number of nitrogens with one attached hydrogen (secondary N) is 2. The summed E-state index contributed by atoms with van der Waals surface area (Å²) in [6.45, 7) is 0. The van der Waals surface area contributed by atoms with Gasteiger partial charge in [-0.3, -0.25) is 4.98 Å². The van der Waals surface area contributed by atoms with Crippen LogP contribution in [0.3, 0.4) is 0 Å². The first kappa shape index (κ1) is 22.3. The number of alkyl halides is 6. The number of nitrogens with zero attached hydrogens (tertiary/aromatic N) is 5. The Morgan fingerprint density at radius 2 is 1.42 bits per heavy atom. The van der Waals surface area contributed by atoms with Crippen LogP contribution in [-0.4, -0.2) is 48.8 Å². The summed E-state index contributed by atoms with van der Waals surface area (Å²) in [6, 6.07) is -1.09. The van der Waals surface area contributed by atoms with Crippen LogP contribution < -0.4 is 10.6 Å². The molecule has 7 nitrogen and oxygen atoms in total. The number of rotatable bonds is 6. The molecule has 2 aromatic heterocycles. The van der Waals surface area contributed by atoms with Gasteiger partial charge in [0.05, 0.1) is 12.4 Å². The van der Waals surface area contributed by atoms with Crippen LogP contribution in [-0.2, 0) is 0 Å². The van der Waals surface area contributed by atoms with Crippen LogP contribution in [0.2, 0.25) is 0 Å². The molecule has 2 fully saturated rings. The molecular weight excluding hydrogens is 536 g/mol. The molecular formula is C18H19F5IN7. The molecule has 0 aromatic carbocycles. The zero-order chi connectivity index (χ0) is 22.2. The molecule has 168 valence electrons. The lowest BCUT2D eigenvalue weighted by Gasteiger charge is -2.17. The minimum Gasteiger partial charge on any atom is -0.351 e. The standard InChI is InChI=1S/C18H19F5IN7/c19-13(24)11-7-25-8-12(28-11)14-29-15(26-9-1-3-17(20,21)5-9)31-16(30-14)27-10-2-4-18(22,23)6-10/h7-10,13H,1-6H2,(H2,26,27,29,30,31). The van der Waals surface area contributed by atoms with Gasteiger partial charge in [-0.25, -0.2) is 26.9 Å². The summed E-state index contributed by atoms with van der Waals surface area (Å²) in [5.41, 5.74) is 0.215. The predicted octanol–water partition coefficient (Wildman–Crippen LogP) is 4.93. The first-order valence-electron chi connectivity index (χ1n) is 9.74. The van der Waals surface area contributed by atoms with E-state index in [1.54, 1.807) is 22.6 Å². The third-order valence-electron chi connectivity index (χ3n) is 5.21. The Kier molecular flexibility index (Phi) is 6.14. The molecule has 0 aliphatic heterocycles. The lowest BCUT2D eigenvalue weighted by atomic mass is 10.2. The van der Waals surface area contributed by atoms with Crippen molar-refractivity contribution in [2.75, 3.05) is 10.6 Å². The fraction of sp³-hybridized carbons (Fsp3) is 0.611. The van der Waals surface area contributed by atoms with Gasteiger partial charge in [-0.05, 0) is 35.4 Å². The Labute approximate surface area is 188 Å². The summed E-state index contributed by atoms with van der Waals surface area (Å²) in [7, 11) is 0. The number of hydrogen-bond acceptors (Lipinski definition) is 7. The zero-order valence-corrected chi connectivity index (χ0v) is 18.3. The number of aromatic nitrogens is 5. The van der Waals surface area contributed by atoms with E-state index in [2.05, 4.69) is 35.6 Å². The highest BCUT2D eigenvalue weighted by Gasteiger charge is 2.41. The fourth-order valence-electron chi connectivity index (χ4n) is 3.73. The van der Waals surface area contributed by atoms with Crippen LogP contribution in [0.5, 0.6) is 0 Å². The number of anilines is 2. The summed E-state index contributed by atoms with van der Waals surface area (Å²) in [5.74, 6) is -5.47. The van der Waals surface area contributed by atoms with Crippen LogP contribution in [0, 0.1) is 0 Å². The highest BCUT2D eigenvalue weighted by molar-refractivity contribution is 14.1. The van der Waals surface area contributed by atoms with Crippen molar-refractivity contribution in [3.63, 3.8) is 0 Å². The molecule has 0 bridgehead atoms. The molecule has 2 heterocycles. The van der Waals surface area contributed by atoms with Gasteiger partial charge in [-0.2, -0.15) is 15.0 Å². The molecule has 0 amide bonds. The van der Waals surface area contributed by atoms with E-state index in [0.29, 0.717) is 0 Å². The van der Waals surface area contributed by atoms with Gasteiger partial charge in [0.1, 0.15) is 11.4 Å². The molecule has 2 saturated carbocycles. The molecule has 2 aromatic rings. The van der Waals surface area contributed by atoms with E-state index in [1.807, 2.05) is 0 Å². The molecule has 31 heavy (non-hydrogen) atoms. The summed E-state index contributed by atoms with van der Waals surface area (Å²) in [6.07, 6.45) is 1.86. The van der Waals surface area contributed by atoms with Gasteiger partial charge < -0.3 is 10.6 Å². The molecule has 13 heteroatoms. The SMILES string of the molecule is FC(I)c1cncc(-c2nc(NC3CCC(F)(F)C3)nc(NC3CCC(F)(F)C3)n2)n1. The van der Waals surface area contributed by atoms with E-state index in [1.165, 1.54) is 12.4 Å². The maximum atomic E-state index is 13.6. The van der Waals surface area contributed by atoms with Crippen molar-refractivity contribution in [1.29, 1.82) is 0 Å². The molecule has 0 radical (unpaired) electrons. The summed E-state index contributed by atoms with van der Waals surface area (Å²) < 4.78 is 66.5. The van der Waals surface area contributed by atoms with E-state index >= 15 is 0 Å². The molecule has 0 spiro atoms. The smallest absolute Gasteiger partial charge is 0.250 e. The molecule has 2 aliphatic rings. The van der Waals surface area contributed by atoms with Gasteiger partial charge in [0.2, 0.25) is 23.7 Å². The topological polar surface area (TPSA) is 88.5 Å². The average molecular weight is 555 g/mol. The Balaban J connectivity index is 1.62. The van der Waals surface area contributed by atoms with Crippen molar-refractivity contribution < 1.29 is 22.0 Å². The first-order valence-corrected chi connectivity index (χ1v) is 11.0. The van der Waals surface area contributed by atoms with Crippen molar-refractivity contribution >= 4 is 34.5 Å². The monoisotopic (exact) mass is 555 g/mol. The van der Waals surface area contributed by atoms with E-state index in [9.17, 15) is 22.0 Å². The van der Waals surface area contributed by atoms with Crippen LogP contribution in [0.1, 0.15) is 48.4 Å². The largest absolute Gasteiger partial charge is 0.351 e. The zero-order valence-electron chi connectivity index (χ0n) is 16.1. The first-order chi connectivity index (χ1) is 14.6. The maximum absolute atomic E-state index is 13.6. The highest BCUT2D eigenvalue weighted by Crippen LogP contribution is 2.37. The average Bonchev–Trinajstić information content (AvgIpc) is 3.21. The van der Waals surface area contributed by atoms with Crippen molar-refractivity contribution in [2.24, 2.45) is 0 Å². The van der Waals surface area contributed by atoms with Crippen molar-refractivity contribution in [1.82, 2.24) is 24.9 Å². The normalized spacial score (nSPS) is 25.4. The van der Waals surface area contributed by atoms with Crippen molar-refractivity contribution in [3.8, 4) is 11.5 Å². The lowest BCUT2D eigenvalue weighted by Crippen LogP contribution is -2.23. The lowest BCUT2D eigenvalue weighted by molar-refractivity contribution is 0.00781. The minimum atomic E-state index is -2.76. The van der Waals surface area contributed by atoms with Crippen molar-refractivity contribution in [3.05, 3.63) is 18.1 Å². The van der Waals surface area contributed by atoms with E-state index < -0.39 is 28.1 Å². The predicted molar refractivity (Wildman–Crippen MR) is 111 cm³/mol. The van der Waals surface area contributed by atoms with Gasteiger partial charge in [-0.15, -0.1) is 0 Å². The van der Waals surface area contributed by atoms with Crippen molar-refractivity contribution in [2.45, 2.75) is 66.6 Å². The van der Waals surface area contributed by atoms with Crippen LogP contribution in [0.15, 0.2) is 12.4 Å². The third kappa shape index (κ3) is 5.66. The second-order valence-corrected chi connectivity index (χ2v) is 8.91. The van der Waals surface area contributed by atoms with Gasteiger partial charge in [0, 0.05) is 37.8 Å². The summed E-state index contributed by atoms with van der Waals surface area (Å²) in [5, 5.41) is 5.74. The van der Waals surface area contributed by atoms with E-state index in [4.69, 9.17) is 0 Å². The molecule has 2 aliphatic carbocycles. The van der Waals surface area contributed by atoms with Gasteiger partial charge in [0.15, 0.2) is 10.0 Å².